The molecule has 0 unspecified atom stereocenters. The number of nitrogens with zero attached hydrogens (tertiary/aromatic N) is 2. The van der Waals surface area contributed by atoms with Crippen LogP contribution in [0.4, 0.5) is 34.1 Å². The zero-order valence-corrected chi connectivity index (χ0v) is 26.5. The van der Waals surface area contributed by atoms with Gasteiger partial charge in [0.15, 0.2) is 0 Å². The van der Waals surface area contributed by atoms with Gasteiger partial charge in [0, 0.05) is 34.1 Å². The molecule has 8 aromatic carbocycles. The molecule has 0 amide bonds. The van der Waals surface area contributed by atoms with Crippen molar-refractivity contribution < 1.29 is 0 Å². The fraction of sp³-hybridized carbons (Fsp3) is 0. The van der Waals surface area contributed by atoms with Crippen molar-refractivity contribution in [3.8, 4) is 22.3 Å². The first-order chi connectivity index (χ1) is 23.8. The summed E-state index contributed by atoms with van der Waals surface area (Å²) in [6.45, 7) is 0. The fourth-order valence-corrected chi connectivity index (χ4v) is 6.42. The van der Waals surface area contributed by atoms with Gasteiger partial charge in [-0.15, -0.1) is 0 Å². The van der Waals surface area contributed by atoms with Crippen molar-refractivity contribution in [1.82, 2.24) is 0 Å². The first-order valence-electron chi connectivity index (χ1n) is 16.4. The Morgan fingerprint density at radius 3 is 0.875 bits per heavy atom. The summed E-state index contributed by atoms with van der Waals surface area (Å²) >= 11 is 0. The average Bonchev–Trinajstić information content (AvgIpc) is 3.17. The van der Waals surface area contributed by atoms with E-state index >= 15 is 0 Å². The molecule has 0 aromatic heterocycles. The highest BCUT2D eigenvalue weighted by Crippen LogP contribution is 2.40. The minimum Gasteiger partial charge on any atom is -0.310 e. The van der Waals surface area contributed by atoms with E-state index in [1.807, 2.05) is 0 Å². The second-order valence-electron chi connectivity index (χ2n) is 11.9. The van der Waals surface area contributed by atoms with E-state index in [2.05, 4.69) is 216 Å². The van der Waals surface area contributed by atoms with Gasteiger partial charge in [-0.2, -0.15) is 0 Å². The number of hydrogen-bond donors (Lipinski definition) is 0. The highest BCUT2D eigenvalue weighted by atomic mass is 15.1. The van der Waals surface area contributed by atoms with Gasteiger partial charge in [-0.1, -0.05) is 133 Å². The Hall–Kier alpha value is -6.38. The summed E-state index contributed by atoms with van der Waals surface area (Å²) in [5, 5.41) is 2.37. The third kappa shape index (κ3) is 5.95. The van der Waals surface area contributed by atoms with Gasteiger partial charge in [-0.05, 0) is 106 Å². The molecule has 2 nitrogen and oxygen atoms in total. The maximum absolute atomic E-state index is 2.35. The Bertz CT molecular complexity index is 2120. The van der Waals surface area contributed by atoms with Crippen LogP contribution in [0.1, 0.15) is 0 Å². The van der Waals surface area contributed by atoms with Gasteiger partial charge in [-0.25, -0.2) is 0 Å². The molecule has 0 aliphatic rings. The average molecular weight is 615 g/mol. The van der Waals surface area contributed by atoms with Crippen molar-refractivity contribution in [1.29, 1.82) is 0 Å². The van der Waals surface area contributed by atoms with E-state index in [9.17, 15) is 0 Å². The van der Waals surface area contributed by atoms with Gasteiger partial charge in [0.25, 0.3) is 0 Å². The van der Waals surface area contributed by atoms with Crippen LogP contribution in [-0.4, -0.2) is 0 Å². The van der Waals surface area contributed by atoms with Crippen LogP contribution in [0.15, 0.2) is 206 Å². The van der Waals surface area contributed by atoms with Gasteiger partial charge in [0.05, 0.1) is 0 Å². The third-order valence-electron chi connectivity index (χ3n) is 8.82. The minimum atomic E-state index is 1.10. The maximum Gasteiger partial charge on any atom is 0.0468 e. The van der Waals surface area contributed by atoms with Crippen LogP contribution in [0.3, 0.4) is 0 Å². The van der Waals surface area contributed by atoms with Crippen molar-refractivity contribution >= 4 is 44.9 Å². The molecule has 0 spiro atoms. The molecule has 0 saturated carbocycles. The number of hydrogen-bond acceptors (Lipinski definition) is 2. The zero-order chi connectivity index (χ0) is 32.1. The molecule has 0 aliphatic heterocycles. The van der Waals surface area contributed by atoms with E-state index in [1.165, 1.54) is 33.0 Å². The summed E-state index contributed by atoms with van der Waals surface area (Å²) in [5.41, 5.74) is 11.5. The molecule has 0 saturated heterocycles. The molecule has 0 heterocycles. The molecule has 2 heteroatoms. The number of fused-ring (bicyclic) bond motifs is 1. The van der Waals surface area contributed by atoms with Gasteiger partial charge in [0.2, 0.25) is 0 Å². The minimum absolute atomic E-state index is 1.10. The number of benzene rings is 8. The van der Waals surface area contributed by atoms with E-state index in [1.54, 1.807) is 0 Å². The SMILES string of the molecule is c1ccc(-c2ccc(N(c3ccc(-c4ccccc4)cc3)c3ccc4ccc(N(c5ccccc5)c5ccccc5)cc4c3)cc2)cc1. The smallest absolute Gasteiger partial charge is 0.0468 e. The molecule has 8 aromatic rings. The van der Waals surface area contributed by atoms with Crippen molar-refractivity contribution in [2.75, 3.05) is 9.80 Å². The summed E-state index contributed by atoms with van der Waals surface area (Å²) in [6.07, 6.45) is 0. The second kappa shape index (κ2) is 13.2. The van der Waals surface area contributed by atoms with Crippen LogP contribution in [-0.2, 0) is 0 Å². The second-order valence-corrected chi connectivity index (χ2v) is 11.9. The summed E-state index contributed by atoms with van der Waals surface area (Å²) < 4.78 is 0. The molecule has 0 fully saturated rings. The number of para-hydroxylation sites is 2. The lowest BCUT2D eigenvalue weighted by atomic mass is 10.0. The van der Waals surface area contributed by atoms with Crippen molar-refractivity contribution in [2.24, 2.45) is 0 Å². The van der Waals surface area contributed by atoms with Crippen LogP contribution in [0.25, 0.3) is 33.0 Å². The topological polar surface area (TPSA) is 6.48 Å². The van der Waals surface area contributed by atoms with Crippen molar-refractivity contribution in [2.45, 2.75) is 0 Å². The Morgan fingerprint density at radius 1 is 0.208 bits per heavy atom. The molecule has 0 aliphatic carbocycles. The zero-order valence-electron chi connectivity index (χ0n) is 26.5. The molecule has 48 heavy (non-hydrogen) atoms. The first kappa shape index (κ1) is 29.1. The molecule has 8 rings (SSSR count). The Morgan fingerprint density at radius 2 is 0.500 bits per heavy atom. The van der Waals surface area contributed by atoms with Crippen LogP contribution in [0, 0.1) is 0 Å². The molecular formula is C46H34N2. The van der Waals surface area contributed by atoms with Crippen molar-refractivity contribution in [3.05, 3.63) is 206 Å². The third-order valence-corrected chi connectivity index (χ3v) is 8.82. The van der Waals surface area contributed by atoms with E-state index in [4.69, 9.17) is 0 Å². The Labute approximate surface area is 282 Å². The molecule has 0 atom stereocenters. The largest absolute Gasteiger partial charge is 0.310 e. The van der Waals surface area contributed by atoms with Gasteiger partial charge in [-0.3, -0.25) is 0 Å². The Balaban J connectivity index is 1.23. The molecule has 228 valence electrons. The predicted molar refractivity (Wildman–Crippen MR) is 204 cm³/mol. The fourth-order valence-electron chi connectivity index (χ4n) is 6.42. The van der Waals surface area contributed by atoms with Crippen molar-refractivity contribution in [3.63, 3.8) is 0 Å². The standard InChI is InChI=1S/C46H34N2/c1-5-13-35(14-6-1)37-21-27-43(28-22-37)48(44-29-23-38(24-30-44)36-15-7-2-8-16-36)46-32-26-39-25-31-45(33-40(39)34-46)47(41-17-9-3-10-18-41)42-19-11-4-12-20-42/h1-34H. The van der Waals surface area contributed by atoms with Crippen LogP contribution in [0.2, 0.25) is 0 Å². The highest BCUT2D eigenvalue weighted by molar-refractivity contribution is 5.93. The summed E-state index contributed by atoms with van der Waals surface area (Å²) in [4.78, 5) is 4.66. The van der Waals surface area contributed by atoms with E-state index in [0.717, 1.165) is 34.1 Å². The maximum atomic E-state index is 2.35. The quantitative estimate of drug-likeness (QED) is 0.168. The lowest BCUT2D eigenvalue weighted by molar-refractivity contribution is 1.28. The van der Waals surface area contributed by atoms with E-state index in [0.29, 0.717) is 0 Å². The molecule has 0 radical (unpaired) electrons. The van der Waals surface area contributed by atoms with Gasteiger partial charge < -0.3 is 9.80 Å². The van der Waals surface area contributed by atoms with Gasteiger partial charge in [0.1, 0.15) is 0 Å². The molecular weight excluding hydrogens is 581 g/mol. The van der Waals surface area contributed by atoms with Crippen LogP contribution in [0.5, 0.6) is 0 Å². The number of rotatable bonds is 8. The summed E-state index contributed by atoms with van der Waals surface area (Å²) in [6, 6.07) is 73.5. The summed E-state index contributed by atoms with van der Waals surface area (Å²) in [5.74, 6) is 0. The Kier molecular flexibility index (Phi) is 7.96. The van der Waals surface area contributed by atoms with Crippen LogP contribution < -0.4 is 9.80 Å². The van der Waals surface area contributed by atoms with E-state index < -0.39 is 0 Å². The van der Waals surface area contributed by atoms with Gasteiger partial charge >= 0.3 is 0 Å². The number of anilines is 6. The molecule has 0 N–H and O–H groups in total. The van der Waals surface area contributed by atoms with Crippen LogP contribution >= 0.6 is 0 Å². The van der Waals surface area contributed by atoms with E-state index in [-0.39, 0.29) is 0 Å². The normalized spacial score (nSPS) is 10.9. The molecule has 0 bridgehead atoms. The first-order valence-corrected chi connectivity index (χ1v) is 16.4. The predicted octanol–water partition coefficient (Wildman–Crippen LogP) is 13.1. The summed E-state index contributed by atoms with van der Waals surface area (Å²) in [7, 11) is 0. The monoisotopic (exact) mass is 614 g/mol. The highest BCUT2D eigenvalue weighted by Gasteiger charge is 2.16. The lowest BCUT2D eigenvalue weighted by Gasteiger charge is -2.27. The lowest BCUT2D eigenvalue weighted by Crippen LogP contribution is -2.10.